The number of carbonyl (C=O) groups excluding carboxylic acids is 1. The minimum Gasteiger partial charge on any atom is -0.321 e. The van der Waals surface area contributed by atoms with Crippen molar-refractivity contribution in [2.24, 2.45) is 5.84 Å². The first-order valence-corrected chi connectivity index (χ1v) is 4.35. The van der Waals surface area contributed by atoms with E-state index in [0.717, 1.165) is 12.1 Å². The van der Waals surface area contributed by atoms with Crippen LogP contribution in [-0.2, 0) is 11.3 Å². The number of hydrogen-bond acceptors (Lipinski definition) is 4. The number of nitrogens with zero attached hydrogens (tertiary/aromatic N) is 1. The fourth-order valence-corrected chi connectivity index (χ4v) is 1.53. The average molecular weight is 193 g/mol. The zero-order valence-electron chi connectivity index (χ0n) is 7.56. The summed E-state index contributed by atoms with van der Waals surface area (Å²) in [4.78, 5) is 15.8. The normalized spacial score (nSPS) is 13.6. The Hall–Kier alpha value is -1.75. The number of benzene rings is 1. The van der Waals surface area contributed by atoms with Crippen LogP contribution in [0.2, 0.25) is 0 Å². The molecular formula is C9H11N3O2. The van der Waals surface area contributed by atoms with Crippen LogP contribution in [0, 0.1) is 0 Å². The molecular weight excluding hydrogens is 182 g/mol. The van der Waals surface area contributed by atoms with Crippen LogP contribution in [-0.4, -0.2) is 12.6 Å². The lowest BCUT2D eigenvalue weighted by molar-refractivity contribution is 0.135. The summed E-state index contributed by atoms with van der Waals surface area (Å²) in [5.74, 6) is 4.92. The second kappa shape index (κ2) is 3.55. The predicted molar refractivity (Wildman–Crippen MR) is 51.3 cm³/mol. The summed E-state index contributed by atoms with van der Waals surface area (Å²) in [6.45, 7) is 0.673. The Bertz CT molecular complexity index is 354. The van der Waals surface area contributed by atoms with Gasteiger partial charge in [0.1, 0.15) is 0 Å². The maximum absolute atomic E-state index is 10.9. The number of rotatable bonds is 1. The average Bonchev–Trinajstić information content (AvgIpc) is 2.62. The van der Waals surface area contributed by atoms with E-state index in [1.54, 1.807) is 0 Å². The second-order valence-corrected chi connectivity index (χ2v) is 3.00. The molecule has 0 aromatic heterocycles. The van der Waals surface area contributed by atoms with Crippen LogP contribution in [0.15, 0.2) is 24.3 Å². The molecule has 1 aliphatic heterocycles. The van der Waals surface area contributed by atoms with Gasteiger partial charge >= 0.3 is 6.09 Å². The van der Waals surface area contributed by atoms with Gasteiger partial charge in [-0.1, -0.05) is 18.2 Å². The summed E-state index contributed by atoms with van der Waals surface area (Å²) in [7, 11) is 0. The first kappa shape index (κ1) is 8.83. The van der Waals surface area contributed by atoms with E-state index in [4.69, 9.17) is 10.7 Å². The monoisotopic (exact) mass is 193 g/mol. The molecule has 74 valence electrons. The summed E-state index contributed by atoms with van der Waals surface area (Å²) >= 11 is 0. The van der Waals surface area contributed by atoms with Gasteiger partial charge in [-0.05, 0) is 18.1 Å². The largest absolute Gasteiger partial charge is 0.445 e. The third-order valence-electron chi connectivity index (χ3n) is 2.16. The fourth-order valence-electron chi connectivity index (χ4n) is 1.53. The minimum atomic E-state index is -0.651. The number of hydroxylamine groups is 1. The molecule has 1 aliphatic rings. The predicted octanol–water partition coefficient (Wildman–Crippen LogP) is 0.564. The summed E-state index contributed by atoms with van der Waals surface area (Å²) < 4.78 is 0. The Morgan fingerprint density at radius 2 is 2.29 bits per heavy atom. The summed E-state index contributed by atoms with van der Waals surface area (Å²) in [6, 6.07) is 7.79. The molecule has 0 radical (unpaired) electrons. The van der Waals surface area contributed by atoms with E-state index < -0.39 is 6.09 Å². The van der Waals surface area contributed by atoms with Crippen molar-refractivity contribution in [3.05, 3.63) is 29.8 Å². The number of fused-ring (bicyclic) bond motifs is 1. The topological polar surface area (TPSA) is 67.6 Å². The Balaban J connectivity index is 2.14. The molecule has 1 amide bonds. The number of hydrogen-bond donors (Lipinski definition) is 2. The maximum atomic E-state index is 10.9. The van der Waals surface area contributed by atoms with Crippen molar-refractivity contribution in [2.45, 2.75) is 6.42 Å². The van der Waals surface area contributed by atoms with Gasteiger partial charge in [-0.2, -0.15) is 0 Å². The first-order valence-electron chi connectivity index (χ1n) is 4.35. The quantitative estimate of drug-likeness (QED) is 0.388. The molecule has 0 bridgehead atoms. The highest BCUT2D eigenvalue weighted by Crippen LogP contribution is 2.27. The van der Waals surface area contributed by atoms with Crippen LogP contribution in [0.3, 0.4) is 0 Å². The second-order valence-electron chi connectivity index (χ2n) is 3.00. The SMILES string of the molecule is NNC(=O)ON1CCc2ccccc21. The number of carbonyl (C=O) groups is 1. The van der Waals surface area contributed by atoms with Crippen LogP contribution in [0.1, 0.15) is 5.56 Å². The van der Waals surface area contributed by atoms with E-state index in [9.17, 15) is 4.79 Å². The number of amides is 1. The van der Waals surface area contributed by atoms with Crippen molar-refractivity contribution >= 4 is 11.8 Å². The molecule has 0 atom stereocenters. The van der Waals surface area contributed by atoms with Crippen molar-refractivity contribution in [1.29, 1.82) is 0 Å². The first-order chi connectivity index (χ1) is 6.81. The third-order valence-corrected chi connectivity index (χ3v) is 2.16. The molecule has 0 fully saturated rings. The molecule has 3 N–H and O–H groups in total. The zero-order chi connectivity index (χ0) is 9.97. The Morgan fingerprint density at radius 3 is 3.07 bits per heavy atom. The van der Waals surface area contributed by atoms with E-state index >= 15 is 0 Å². The Morgan fingerprint density at radius 1 is 1.50 bits per heavy atom. The van der Waals surface area contributed by atoms with E-state index in [-0.39, 0.29) is 0 Å². The van der Waals surface area contributed by atoms with Crippen LogP contribution >= 0.6 is 0 Å². The number of anilines is 1. The van der Waals surface area contributed by atoms with Gasteiger partial charge in [0, 0.05) is 0 Å². The van der Waals surface area contributed by atoms with Gasteiger partial charge in [-0.25, -0.2) is 15.7 Å². The molecule has 1 aromatic rings. The van der Waals surface area contributed by atoms with Crippen molar-refractivity contribution in [3.63, 3.8) is 0 Å². The van der Waals surface area contributed by atoms with E-state index in [1.807, 2.05) is 29.7 Å². The van der Waals surface area contributed by atoms with Gasteiger partial charge in [-0.15, -0.1) is 0 Å². The molecule has 1 heterocycles. The van der Waals surface area contributed by atoms with Crippen molar-refractivity contribution in [1.82, 2.24) is 5.43 Å². The lowest BCUT2D eigenvalue weighted by Crippen LogP contribution is -2.36. The lowest BCUT2D eigenvalue weighted by Gasteiger charge is -2.16. The molecule has 5 heteroatoms. The minimum absolute atomic E-state index is 0.651. The third kappa shape index (κ3) is 1.49. The molecule has 2 rings (SSSR count). The van der Waals surface area contributed by atoms with Gasteiger partial charge < -0.3 is 4.84 Å². The van der Waals surface area contributed by atoms with Gasteiger partial charge in [0.15, 0.2) is 0 Å². The van der Waals surface area contributed by atoms with Crippen molar-refractivity contribution in [2.75, 3.05) is 11.6 Å². The van der Waals surface area contributed by atoms with Crippen molar-refractivity contribution in [3.8, 4) is 0 Å². The summed E-state index contributed by atoms with van der Waals surface area (Å²) in [6.07, 6.45) is 0.232. The highest BCUT2D eigenvalue weighted by Gasteiger charge is 2.21. The molecule has 0 aliphatic carbocycles. The smallest absolute Gasteiger partial charge is 0.321 e. The van der Waals surface area contributed by atoms with Crippen LogP contribution in [0.5, 0.6) is 0 Å². The molecule has 0 saturated carbocycles. The molecule has 0 saturated heterocycles. The number of nitrogens with two attached hydrogens (primary N) is 1. The molecule has 1 aromatic carbocycles. The van der Waals surface area contributed by atoms with E-state index in [2.05, 4.69) is 0 Å². The standard InChI is InChI=1S/C9H11N3O2/c10-11-9(13)14-12-6-5-7-3-1-2-4-8(7)12/h1-4H,5-6,10H2,(H,11,13). The molecule has 0 unspecified atom stereocenters. The Kier molecular flexibility index (Phi) is 2.24. The van der Waals surface area contributed by atoms with Crippen molar-refractivity contribution < 1.29 is 9.63 Å². The van der Waals surface area contributed by atoms with Gasteiger partial charge in [0.05, 0.1) is 12.2 Å². The zero-order valence-corrected chi connectivity index (χ0v) is 7.56. The van der Waals surface area contributed by atoms with Crippen LogP contribution in [0.4, 0.5) is 10.5 Å². The van der Waals surface area contributed by atoms with Gasteiger partial charge in [0.2, 0.25) is 0 Å². The van der Waals surface area contributed by atoms with Crippen LogP contribution in [0.25, 0.3) is 0 Å². The fraction of sp³-hybridized carbons (Fsp3) is 0.222. The number of hydrazine groups is 1. The van der Waals surface area contributed by atoms with E-state index in [1.165, 1.54) is 10.6 Å². The van der Waals surface area contributed by atoms with Gasteiger partial charge in [0.25, 0.3) is 0 Å². The highest BCUT2D eigenvalue weighted by atomic mass is 16.7. The Labute approximate surface area is 81.4 Å². The molecule has 0 spiro atoms. The lowest BCUT2D eigenvalue weighted by atomic mass is 10.2. The molecule has 14 heavy (non-hydrogen) atoms. The maximum Gasteiger partial charge on any atom is 0.445 e. The highest BCUT2D eigenvalue weighted by molar-refractivity contribution is 5.69. The van der Waals surface area contributed by atoms with Gasteiger partial charge in [-0.3, -0.25) is 5.43 Å². The molecule has 5 nitrogen and oxygen atoms in total. The number of para-hydroxylation sites is 1. The summed E-state index contributed by atoms with van der Waals surface area (Å²) in [5, 5.41) is 1.54. The number of nitrogens with one attached hydrogen (secondary N) is 1. The van der Waals surface area contributed by atoms with E-state index in [0.29, 0.717) is 6.54 Å². The van der Waals surface area contributed by atoms with Crippen LogP contribution < -0.4 is 16.3 Å². The summed E-state index contributed by atoms with van der Waals surface area (Å²) in [5.41, 5.74) is 4.02.